The van der Waals surface area contributed by atoms with E-state index in [1.807, 2.05) is 29.0 Å². The summed E-state index contributed by atoms with van der Waals surface area (Å²) in [7, 11) is 0. The molecule has 3 heterocycles. The molecular formula is C22H16FN5O2S. The summed E-state index contributed by atoms with van der Waals surface area (Å²) < 4.78 is 18.7. The van der Waals surface area contributed by atoms with Crippen LogP contribution >= 0.6 is 11.3 Å². The number of hydrogen-bond donors (Lipinski definition) is 2. The highest BCUT2D eigenvalue weighted by Crippen LogP contribution is 2.24. The molecule has 154 valence electrons. The molecule has 1 amide bonds. The van der Waals surface area contributed by atoms with E-state index < -0.39 is 0 Å². The van der Waals surface area contributed by atoms with E-state index >= 15 is 0 Å². The minimum Gasteiger partial charge on any atom is -0.421 e. The van der Waals surface area contributed by atoms with E-state index in [-0.39, 0.29) is 18.1 Å². The number of fused-ring (bicyclic) bond motifs is 1. The predicted molar refractivity (Wildman–Crippen MR) is 116 cm³/mol. The zero-order chi connectivity index (χ0) is 21.2. The fraction of sp³-hybridized carbons (Fsp3) is 0.0909. The molecule has 0 spiro atoms. The van der Waals surface area contributed by atoms with Crippen molar-refractivity contribution in [2.75, 3.05) is 5.32 Å². The van der Waals surface area contributed by atoms with Gasteiger partial charge in [-0.25, -0.2) is 9.37 Å². The van der Waals surface area contributed by atoms with Crippen molar-refractivity contribution in [1.29, 1.82) is 0 Å². The number of carbonyl (C=O) groups excluding carboxylic acids is 1. The molecule has 3 aromatic heterocycles. The molecule has 2 N–H and O–H groups in total. The minimum atomic E-state index is -0.298. The van der Waals surface area contributed by atoms with Gasteiger partial charge in [0.05, 0.1) is 11.0 Å². The number of carbonyl (C=O) groups is 1. The summed E-state index contributed by atoms with van der Waals surface area (Å²) >= 11 is 1.55. The van der Waals surface area contributed by atoms with Crippen LogP contribution in [0.3, 0.4) is 0 Å². The van der Waals surface area contributed by atoms with E-state index in [1.165, 1.54) is 12.1 Å². The van der Waals surface area contributed by atoms with Gasteiger partial charge in [0.2, 0.25) is 17.7 Å². The van der Waals surface area contributed by atoms with Crippen molar-refractivity contribution in [2.45, 2.75) is 12.8 Å². The Labute approximate surface area is 180 Å². The fourth-order valence-corrected chi connectivity index (χ4v) is 3.76. The Morgan fingerprint density at radius 2 is 1.97 bits per heavy atom. The van der Waals surface area contributed by atoms with Crippen molar-refractivity contribution >= 4 is 34.0 Å². The Kier molecular flexibility index (Phi) is 5.01. The van der Waals surface area contributed by atoms with Crippen LogP contribution in [0.5, 0.6) is 0 Å². The third-order valence-electron chi connectivity index (χ3n) is 4.68. The quantitative estimate of drug-likeness (QED) is 0.391. The van der Waals surface area contributed by atoms with Crippen LogP contribution in [0.2, 0.25) is 0 Å². The number of nitrogens with zero attached hydrogens (tertiary/aromatic N) is 3. The summed E-state index contributed by atoms with van der Waals surface area (Å²) in [6, 6.07) is 13.4. The first-order valence-corrected chi connectivity index (χ1v) is 10.5. The largest absolute Gasteiger partial charge is 0.421 e. The van der Waals surface area contributed by atoms with Gasteiger partial charge in [-0.2, -0.15) is 11.3 Å². The highest BCUT2D eigenvalue weighted by atomic mass is 32.1. The van der Waals surface area contributed by atoms with Crippen LogP contribution in [0.1, 0.15) is 12.3 Å². The molecule has 0 unspecified atom stereocenters. The molecule has 9 heteroatoms. The summed E-state index contributed by atoms with van der Waals surface area (Å²) in [4.78, 5) is 20.1. The first-order chi connectivity index (χ1) is 15.1. The number of imidazole rings is 1. The third-order valence-corrected chi connectivity index (χ3v) is 5.37. The Balaban J connectivity index is 1.23. The van der Waals surface area contributed by atoms with Crippen molar-refractivity contribution in [3.8, 4) is 22.8 Å². The van der Waals surface area contributed by atoms with Crippen LogP contribution in [0, 0.1) is 5.82 Å². The van der Waals surface area contributed by atoms with Gasteiger partial charge in [0.1, 0.15) is 11.6 Å². The predicted octanol–water partition coefficient (Wildman–Crippen LogP) is 5.05. The van der Waals surface area contributed by atoms with Crippen LogP contribution in [0.25, 0.3) is 33.9 Å². The number of thiophene rings is 1. The van der Waals surface area contributed by atoms with Gasteiger partial charge >= 0.3 is 0 Å². The van der Waals surface area contributed by atoms with Crippen molar-refractivity contribution < 1.29 is 13.6 Å². The van der Waals surface area contributed by atoms with E-state index in [1.54, 1.807) is 29.5 Å². The molecule has 0 aliphatic heterocycles. The highest BCUT2D eigenvalue weighted by molar-refractivity contribution is 7.08. The standard InChI is InChI=1S/C22H16FN5O2S/c23-15-3-1-13(2-4-15)21-25-17-6-5-16(11-18(17)26-21)24-19(29)7-8-20-27-28-22(30-20)14-9-10-31-12-14/h1-6,9-12H,7-8H2,(H,24,29)(H,25,26). The molecule has 0 saturated heterocycles. The Morgan fingerprint density at radius 1 is 1.10 bits per heavy atom. The Morgan fingerprint density at radius 3 is 2.77 bits per heavy atom. The summed E-state index contributed by atoms with van der Waals surface area (Å²) in [5.41, 5.74) is 3.83. The van der Waals surface area contributed by atoms with Crippen LogP contribution in [0.4, 0.5) is 10.1 Å². The summed E-state index contributed by atoms with van der Waals surface area (Å²) in [5, 5.41) is 14.7. The van der Waals surface area contributed by atoms with Crippen molar-refractivity contribution in [3.05, 3.63) is 71.0 Å². The molecule has 0 bridgehead atoms. The van der Waals surface area contributed by atoms with Gasteiger partial charge in [-0.3, -0.25) is 4.79 Å². The first kappa shape index (κ1) is 19.1. The zero-order valence-electron chi connectivity index (χ0n) is 16.1. The number of aromatic nitrogens is 4. The zero-order valence-corrected chi connectivity index (χ0v) is 16.9. The number of amides is 1. The number of hydrogen-bond acceptors (Lipinski definition) is 6. The van der Waals surface area contributed by atoms with Crippen LogP contribution in [-0.2, 0) is 11.2 Å². The van der Waals surface area contributed by atoms with E-state index in [0.29, 0.717) is 29.7 Å². The molecule has 0 aliphatic carbocycles. The lowest BCUT2D eigenvalue weighted by Gasteiger charge is -2.04. The SMILES string of the molecule is O=C(CCc1nnc(-c2ccsc2)o1)Nc1ccc2nc(-c3ccc(F)cc3)[nH]c2c1. The highest BCUT2D eigenvalue weighted by Gasteiger charge is 2.12. The molecule has 5 rings (SSSR count). The number of halogens is 1. The first-order valence-electron chi connectivity index (χ1n) is 9.54. The molecule has 0 atom stereocenters. The molecule has 5 aromatic rings. The van der Waals surface area contributed by atoms with Crippen molar-refractivity contribution in [2.24, 2.45) is 0 Å². The number of anilines is 1. The van der Waals surface area contributed by atoms with Crippen LogP contribution in [0.15, 0.2) is 63.7 Å². The van der Waals surface area contributed by atoms with Crippen molar-refractivity contribution in [1.82, 2.24) is 20.2 Å². The van der Waals surface area contributed by atoms with Gasteiger partial charge in [0.25, 0.3) is 0 Å². The van der Waals surface area contributed by atoms with Crippen LogP contribution < -0.4 is 5.32 Å². The maximum absolute atomic E-state index is 13.1. The fourth-order valence-electron chi connectivity index (χ4n) is 3.13. The van der Waals surface area contributed by atoms with E-state index in [2.05, 4.69) is 25.5 Å². The number of H-pyrrole nitrogens is 1. The number of aromatic amines is 1. The second-order valence-electron chi connectivity index (χ2n) is 6.89. The van der Waals surface area contributed by atoms with Crippen LogP contribution in [-0.4, -0.2) is 26.1 Å². The summed E-state index contributed by atoms with van der Waals surface area (Å²) in [6.45, 7) is 0. The van der Waals surface area contributed by atoms with Gasteiger partial charge in [0, 0.05) is 35.0 Å². The van der Waals surface area contributed by atoms with E-state index in [9.17, 15) is 9.18 Å². The smallest absolute Gasteiger partial charge is 0.248 e. The second kappa shape index (κ2) is 8.11. The van der Waals surface area contributed by atoms with Gasteiger partial charge < -0.3 is 14.7 Å². The maximum Gasteiger partial charge on any atom is 0.248 e. The molecule has 31 heavy (non-hydrogen) atoms. The second-order valence-corrected chi connectivity index (χ2v) is 7.67. The minimum absolute atomic E-state index is 0.159. The Bertz CT molecular complexity index is 1340. The topological polar surface area (TPSA) is 96.7 Å². The normalized spacial score (nSPS) is 11.1. The molecule has 0 radical (unpaired) electrons. The lowest BCUT2D eigenvalue weighted by atomic mass is 10.2. The number of nitrogens with one attached hydrogen (secondary N) is 2. The average molecular weight is 433 g/mol. The molecular weight excluding hydrogens is 417 g/mol. The van der Waals surface area contributed by atoms with E-state index in [0.717, 1.165) is 22.2 Å². The monoisotopic (exact) mass is 433 g/mol. The third kappa shape index (κ3) is 4.22. The van der Waals surface area contributed by atoms with E-state index in [4.69, 9.17) is 4.42 Å². The van der Waals surface area contributed by atoms with Crippen molar-refractivity contribution in [3.63, 3.8) is 0 Å². The molecule has 0 fully saturated rings. The molecule has 0 saturated carbocycles. The Hall–Kier alpha value is -3.85. The maximum atomic E-state index is 13.1. The molecule has 7 nitrogen and oxygen atoms in total. The summed E-state index contributed by atoms with van der Waals surface area (Å²) in [5.74, 6) is 1.06. The van der Waals surface area contributed by atoms with Gasteiger partial charge in [-0.1, -0.05) is 0 Å². The summed E-state index contributed by atoms with van der Waals surface area (Å²) in [6.07, 6.45) is 0.567. The lowest BCUT2D eigenvalue weighted by Crippen LogP contribution is -2.12. The van der Waals surface area contributed by atoms with Gasteiger partial charge in [-0.15, -0.1) is 10.2 Å². The average Bonchev–Trinajstić information content (AvgIpc) is 3.52. The number of benzene rings is 2. The molecule has 2 aromatic carbocycles. The van der Waals surface area contributed by atoms with Gasteiger partial charge in [-0.05, 0) is 53.9 Å². The lowest BCUT2D eigenvalue weighted by molar-refractivity contribution is -0.116. The molecule has 0 aliphatic rings. The number of aryl methyl sites for hydroxylation is 1. The van der Waals surface area contributed by atoms with Gasteiger partial charge in [0.15, 0.2) is 0 Å². The number of rotatable bonds is 6.